The molecule has 0 atom stereocenters. The summed E-state index contributed by atoms with van der Waals surface area (Å²) < 4.78 is 0. The fraction of sp³-hybridized carbons (Fsp3) is 1.00. The molecule has 0 saturated heterocycles. The second-order valence-electron chi connectivity index (χ2n) is 5.72. The summed E-state index contributed by atoms with van der Waals surface area (Å²) in [7, 11) is 0. The molecular formula is C15H32. The molecule has 0 aliphatic heterocycles. The first-order valence-corrected chi connectivity index (χ1v) is 7.10. The Balaban J connectivity index is 0.000000336. The van der Waals surface area contributed by atoms with Crippen LogP contribution in [0.3, 0.4) is 0 Å². The standard InChI is InChI=1S/C10H20.C5H12/c1-3-4-10-7-5-9(2)6-8-10;1-4-5(2)3/h9-10H,3-8H2,1-2H3;5H,4H2,1-3H3. The second kappa shape index (κ2) is 9.24. The largest absolute Gasteiger partial charge is 0.0654 e. The van der Waals surface area contributed by atoms with Crippen molar-refractivity contribution >= 4 is 0 Å². The van der Waals surface area contributed by atoms with Gasteiger partial charge >= 0.3 is 0 Å². The minimum atomic E-state index is 0.884. The van der Waals surface area contributed by atoms with Gasteiger partial charge in [-0.1, -0.05) is 79.6 Å². The van der Waals surface area contributed by atoms with Crippen molar-refractivity contribution in [1.29, 1.82) is 0 Å². The van der Waals surface area contributed by atoms with Crippen molar-refractivity contribution in [2.24, 2.45) is 17.8 Å². The third-order valence-electron chi connectivity index (χ3n) is 3.65. The molecule has 0 heterocycles. The van der Waals surface area contributed by atoms with Crippen molar-refractivity contribution in [2.45, 2.75) is 79.6 Å². The highest BCUT2D eigenvalue weighted by molar-refractivity contribution is 4.69. The van der Waals surface area contributed by atoms with Gasteiger partial charge in [0.1, 0.15) is 0 Å². The van der Waals surface area contributed by atoms with E-state index in [9.17, 15) is 0 Å². The summed E-state index contributed by atoms with van der Waals surface area (Å²) >= 11 is 0. The molecule has 0 aromatic heterocycles. The second-order valence-corrected chi connectivity index (χ2v) is 5.72. The predicted molar refractivity (Wildman–Crippen MR) is 71.2 cm³/mol. The van der Waals surface area contributed by atoms with E-state index in [0.29, 0.717) is 0 Å². The highest BCUT2D eigenvalue weighted by atomic mass is 14.2. The third-order valence-corrected chi connectivity index (χ3v) is 3.65. The molecule has 0 spiro atoms. The van der Waals surface area contributed by atoms with E-state index in [2.05, 4.69) is 34.6 Å². The molecule has 15 heavy (non-hydrogen) atoms. The van der Waals surface area contributed by atoms with Gasteiger partial charge in [-0.25, -0.2) is 0 Å². The first-order valence-electron chi connectivity index (χ1n) is 7.10. The van der Waals surface area contributed by atoms with Crippen LogP contribution >= 0.6 is 0 Å². The molecule has 0 nitrogen and oxygen atoms in total. The van der Waals surface area contributed by atoms with Crippen LogP contribution in [-0.4, -0.2) is 0 Å². The van der Waals surface area contributed by atoms with E-state index in [1.54, 1.807) is 0 Å². The molecule has 1 aliphatic carbocycles. The zero-order chi connectivity index (χ0) is 11.7. The molecule has 0 amide bonds. The van der Waals surface area contributed by atoms with Gasteiger partial charge in [0.25, 0.3) is 0 Å². The molecular weight excluding hydrogens is 180 g/mol. The van der Waals surface area contributed by atoms with E-state index in [4.69, 9.17) is 0 Å². The van der Waals surface area contributed by atoms with E-state index in [-0.39, 0.29) is 0 Å². The van der Waals surface area contributed by atoms with Crippen molar-refractivity contribution in [2.75, 3.05) is 0 Å². The Morgan fingerprint density at radius 3 is 1.80 bits per heavy atom. The summed E-state index contributed by atoms with van der Waals surface area (Å²) in [5.74, 6) is 2.99. The van der Waals surface area contributed by atoms with Gasteiger partial charge in [0, 0.05) is 0 Å². The summed E-state index contributed by atoms with van der Waals surface area (Å²) in [6.07, 6.45) is 10.2. The van der Waals surface area contributed by atoms with Gasteiger partial charge in [0.15, 0.2) is 0 Å². The van der Waals surface area contributed by atoms with Gasteiger partial charge in [-0.15, -0.1) is 0 Å². The maximum Gasteiger partial charge on any atom is -0.0414 e. The Morgan fingerprint density at radius 1 is 1.00 bits per heavy atom. The summed E-state index contributed by atoms with van der Waals surface area (Å²) in [5, 5.41) is 0. The van der Waals surface area contributed by atoms with Crippen molar-refractivity contribution in [3.05, 3.63) is 0 Å². The molecule has 1 saturated carbocycles. The molecule has 1 rings (SSSR count). The lowest BCUT2D eigenvalue weighted by Crippen LogP contribution is -2.11. The normalized spacial score (nSPS) is 26.0. The Bertz CT molecular complexity index is 118. The number of hydrogen-bond donors (Lipinski definition) is 0. The molecule has 0 N–H and O–H groups in total. The SMILES string of the molecule is CCC(C)C.CCCC1CCC(C)CC1. The maximum absolute atomic E-state index is 2.39. The molecule has 1 fully saturated rings. The summed E-state index contributed by atoms with van der Waals surface area (Å²) in [5.41, 5.74) is 0. The minimum Gasteiger partial charge on any atom is -0.0654 e. The fourth-order valence-corrected chi connectivity index (χ4v) is 2.03. The molecule has 0 aromatic rings. The fourth-order valence-electron chi connectivity index (χ4n) is 2.03. The van der Waals surface area contributed by atoms with E-state index in [1.165, 1.54) is 44.9 Å². The highest BCUT2D eigenvalue weighted by Gasteiger charge is 2.16. The molecule has 1 aliphatic rings. The Morgan fingerprint density at radius 2 is 1.47 bits per heavy atom. The zero-order valence-corrected chi connectivity index (χ0v) is 11.7. The van der Waals surface area contributed by atoms with Crippen LogP contribution in [0, 0.1) is 17.8 Å². The Hall–Kier alpha value is 0. The van der Waals surface area contributed by atoms with Crippen LogP contribution in [0.2, 0.25) is 0 Å². The number of rotatable bonds is 3. The van der Waals surface area contributed by atoms with E-state index < -0.39 is 0 Å². The molecule has 0 heteroatoms. The van der Waals surface area contributed by atoms with Crippen LogP contribution < -0.4 is 0 Å². The van der Waals surface area contributed by atoms with Crippen molar-refractivity contribution in [3.63, 3.8) is 0 Å². The summed E-state index contributed by atoms with van der Waals surface area (Å²) in [4.78, 5) is 0. The van der Waals surface area contributed by atoms with Gasteiger partial charge < -0.3 is 0 Å². The number of hydrogen-bond acceptors (Lipinski definition) is 0. The molecule has 0 aromatic carbocycles. The Labute approximate surface area is 97.8 Å². The van der Waals surface area contributed by atoms with Crippen molar-refractivity contribution in [1.82, 2.24) is 0 Å². The smallest absolute Gasteiger partial charge is 0.0414 e. The van der Waals surface area contributed by atoms with E-state index in [0.717, 1.165) is 17.8 Å². The topological polar surface area (TPSA) is 0 Å². The molecule has 92 valence electrons. The highest BCUT2D eigenvalue weighted by Crippen LogP contribution is 2.30. The Kier molecular flexibility index (Phi) is 9.24. The zero-order valence-electron chi connectivity index (χ0n) is 11.7. The van der Waals surface area contributed by atoms with Crippen LogP contribution in [-0.2, 0) is 0 Å². The van der Waals surface area contributed by atoms with Gasteiger partial charge in [-0.3, -0.25) is 0 Å². The summed E-state index contributed by atoms with van der Waals surface area (Å²) in [6.45, 7) is 11.3. The first-order chi connectivity index (χ1) is 7.10. The van der Waals surface area contributed by atoms with Crippen LogP contribution in [0.15, 0.2) is 0 Å². The van der Waals surface area contributed by atoms with Gasteiger partial charge in [0.2, 0.25) is 0 Å². The van der Waals surface area contributed by atoms with Gasteiger partial charge in [-0.05, 0) is 17.8 Å². The lowest BCUT2D eigenvalue weighted by atomic mass is 9.81. The van der Waals surface area contributed by atoms with Crippen LogP contribution in [0.1, 0.15) is 79.6 Å². The van der Waals surface area contributed by atoms with Gasteiger partial charge in [0.05, 0.1) is 0 Å². The van der Waals surface area contributed by atoms with Crippen LogP contribution in [0.5, 0.6) is 0 Å². The predicted octanol–water partition coefficient (Wildman–Crippen LogP) is 5.67. The van der Waals surface area contributed by atoms with Gasteiger partial charge in [-0.2, -0.15) is 0 Å². The maximum atomic E-state index is 2.39. The average molecular weight is 212 g/mol. The lowest BCUT2D eigenvalue weighted by Gasteiger charge is -2.25. The van der Waals surface area contributed by atoms with Crippen molar-refractivity contribution < 1.29 is 0 Å². The van der Waals surface area contributed by atoms with Crippen LogP contribution in [0.4, 0.5) is 0 Å². The first kappa shape index (κ1) is 15.0. The molecule has 0 radical (unpaired) electrons. The van der Waals surface area contributed by atoms with E-state index in [1.807, 2.05) is 0 Å². The minimum absolute atomic E-state index is 0.884. The summed E-state index contributed by atoms with van der Waals surface area (Å²) in [6, 6.07) is 0. The average Bonchev–Trinajstić information content (AvgIpc) is 2.23. The third kappa shape index (κ3) is 8.96. The molecule has 0 bridgehead atoms. The van der Waals surface area contributed by atoms with Crippen molar-refractivity contribution in [3.8, 4) is 0 Å². The molecule has 0 unspecified atom stereocenters. The van der Waals surface area contributed by atoms with Crippen LogP contribution in [0.25, 0.3) is 0 Å². The lowest BCUT2D eigenvalue weighted by molar-refractivity contribution is 0.276. The van der Waals surface area contributed by atoms with E-state index >= 15 is 0 Å². The monoisotopic (exact) mass is 212 g/mol. The quantitative estimate of drug-likeness (QED) is 0.566.